The summed E-state index contributed by atoms with van der Waals surface area (Å²) in [6, 6.07) is 0. The first-order valence-electron chi connectivity index (χ1n) is 6.35. The number of piperidine rings is 1. The molecule has 0 aromatic heterocycles. The zero-order valence-electron chi connectivity index (χ0n) is 10.7. The predicted octanol–water partition coefficient (Wildman–Crippen LogP) is 3.35. The summed E-state index contributed by atoms with van der Waals surface area (Å²) in [5.41, 5.74) is 0. The molecule has 1 heterocycles. The second kappa shape index (κ2) is 5.83. The van der Waals surface area contributed by atoms with E-state index in [-0.39, 0.29) is 0 Å². The Balaban J connectivity index is 2.34. The van der Waals surface area contributed by atoms with E-state index >= 15 is 0 Å². The number of nitrogens with zero attached hydrogens (tertiary/aromatic N) is 1. The first kappa shape index (κ1) is 13.0. The third kappa shape index (κ3) is 4.50. The van der Waals surface area contributed by atoms with Gasteiger partial charge in [0.2, 0.25) is 0 Å². The van der Waals surface area contributed by atoms with Crippen molar-refractivity contribution in [3.05, 3.63) is 0 Å². The third-order valence-corrected chi connectivity index (χ3v) is 3.16. The van der Waals surface area contributed by atoms with Gasteiger partial charge in [-0.25, -0.2) is 4.39 Å². The Bertz CT molecular complexity index is 179. The number of likely N-dealkylation sites (tertiary alicyclic amines) is 1. The van der Waals surface area contributed by atoms with Crippen LogP contribution in [0.2, 0.25) is 0 Å². The predicted molar refractivity (Wildman–Crippen MR) is 63.7 cm³/mol. The SMILES string of the molecule is CC(C)CC1CCN(CC(C)C)CC1F. The quantitative estimate of drug-likeness (QED) is 0.695. The van der Waals surface area contributed by atoms with Gasteiger partial charge in [-0.3, -0.25) is 0 Å². The Hall–Kier alpha value is -0.110. The van der Waals surface area contributed by atoms with E-state index in [4.69, 9.17) is 0 Å². The second-order valence-corrected chi connectivity index (χ2v) is 5.85. The van der Waals surface area contributed by atoms with E-state index in [1.165, 1.54) is 0 Å². The Morgan fingerprint density at radius 1 is 1.20 bits per heavy atom. The summed E-state index contributed by atoms with van der Waals surface area (Å²) in [5.74, 6) is 1.59. The Morgan fingerprint density at radius 2 is 1.87 bits per heavy atom. The fourth-order valence-electron chi connectivity index (χ4n) is 2.57. The lowest BCUT2D eigenvalue weighted by molar-refractivity contribution is 0.0672. The number of rotatable bonds is 4. The molecule has 2 heteroatoms. The fourth-order valence-corrected chi connectivity index (χ4v) is 2.57. The molecule has 0 saturated carbocycles. The smallest absolute Gasteiger partial charge is 0.116 e. The van der Waals surface area contributed by atoms with Crippen LogP contribution in [0.4, 0.5) is 4.39 Å². The van der Waals surface area contributed by atoms with Crippen molar-refractivity contribution >= 4 is 0 Å². The highest BCUT2D eigenvalue weighted by Gasteiger charge is 2.29. The van der Waals surface area contributed by atoms with Gasteiger partial charge in [-0.05, 0) is 37.1 Å². The van der Waals surface area contributed by atoms with Crippen LogP contribution >= 0.6 is 0 Å². The highest BCUT2D eigenvalue weighted by atomic mass is 19.1. The van der Waals surface area contributed by atoms with Crippen LogP contribution < -0.4 is 0 Å². The average molecular weight is 215 g/mol. The number of hydrogen-bond donors (Lipinski definition) is 0. The van der Waals surface area contributed by atoms with Crippen LogP contribution in [0.3, 0.4) is 0 Å². The first-order chi connectivity index (χ1) is 6.99. The molecule has 2 unspecified atom stereocenters. The number of halogens is 1. The molecule has 15 heavy (non-hydrogen) atoms. The second-order valence-electron chi connectivity index (χ2n) is 5.85. The van der Waals surface area contributed by atoms with Crippen molar-refractivity contribution in [2.75, 3.05) is 19.6 Å². The molecule has 0 spiro atoms. The maximum atomic E-state index is 13.9. The maximum Gasteiger partial charge on any atom is 0.116 e. The molecule has 0 aromatic carbocycles. The monoisotopic (exact) mass is 215 g/mol. The minimum absolute atomic E-state index is 0.313. The minimum Gasteiger partial charge on any atom is -0.300 e. The number of hydrogen-bond acceptors (Lipinski definition) is 1. The van der Waals surface area contributed by atoms with Crippen molar-refractivity contribution in [2.24, 2.45) is 17.8 Å². The van der Waals surface area contributed by atoms with Crippen molar-refractivity contribution < 1.29 is 4.39 Å². The first-order valence-corrected chi connectivity index (χ1v) is 6.35. The average Bonchev–Trinajstić information content (AvgIpc) is 2.08. The molecule has 1 fully saturated rings. The molecule has 1 rings (SSSR count). The van der Waals surface area contributed by atoms with Crippen LogP contribution in [0.5, 0.6) is 0 Å². The molecule has 0 amide bonds. The molecule has 1 saturated heterocycles. The Labute approximate surface area is 94.0 Å². The summed E-state index contributed by atoms with van der Waals surface area (Å²) in [5, 5.41) is 0. The van der Waals surface area contributed by atoms with Crippen LogP contribution in [-0.2, 0) is 0 Å². The van der Waals surface area contributed by atoms with E-state index in [1.807, 2.05) is 0 Å². The highest BCUT2D eigenvalue weighted by Crippen LogP contribution is 2.26. The van der Waals surface area contributed by atoms with Gasteiger partial charge >= 0.3 is 0 Å². The van der Waals surface area contributed by atoms with E-state index in [9.17, 15) is 4.39 Å². The van der Waals surface area contributed by atoms with Crippen LogP contribution in [0.1, 0.15) is 40.5 Å². The van der Waals surface area contributed by atoms with Gasteiger partial charge in [0.25, 0.3) is 0 Å². The molecule has 0 bridgehead atoms. The molecule has 1 aliphatic rings. The lowest BCUT2D eigenvalue weighted by Gasteiger charge is -2.36. The molecule has 90 valence electrons. The normalized spacial score (nSPS) is 29.0. The molecule has 0 aromatic rings. The van der Waals surface area contributed by atoms with Crippen LogP contribution in [0.25, 0.3) is 0 Å². The minimum atomic E-state index is -0.597. The van der Waals surface area contributed by atoms with E-state index in [1.54, 1.807) is 0 Å². The van der Waals surface area contributed by atoms with Crippen LogP contribution in [0, 0.1) is 17.8 Å². The summed E-state index contributed by atoms with van der Waals surface area (Å²) in [6.07, 6.45) is 1.50. The molecule has 0 N–H and O–H groups in total. The molecule has 0 radical (unpaired) electrons. The third-order valence-electron chi connectivity index (χ3n) is 3.16. The van der Waals surface area contributed by atoms with E-state index < -0.39 is 6.17 Å². The van der Waals surface area contributed by atoms with Gasteiger partial charge in [-0.1, -0.05) is 27.7 Å². The van der Waals surface area contributed by atoms with Gasteiger partial charge in [0, 0.05) is 13.1 Å². The van der Waals surface area contributed by atoms with Crippen LogP contribution in [0.15, 0.2) is 0 Å². The summed E-state index contributed by atoms with van der Waals surface area (Å²) >= 11 is 0. The van der Waals surface area contributed by atoms with E-state index in [0.717, 1.165) is 25.9 Å². The van der Waals surface area contributed by atoms with Crippen molar-refractivity contribution in [2.45, 2.75) is 46.7 Å². The van der Waals surface area contributed by atoms with Crippen molar-refractivity contribution in [1.82, 2.24) is 4.90 Å². The van der Waals surface area contributed by atoms with Gasteiger partial charge in [0.05, 0.1) is 0 Å². The van der Waals surface area contributed by atoms with Gasteiger partial charge in [-0.2, -0.15) is 0 Å². The fraction of sp³-hybridized carbons (Fsp3) is 1.00. The van der Waals surface area contributed by atoms with Crippen molar-refractivity contribution in [3.8, 4) is 0 Å². The highest BCUT2D eigenvalue weighted by molar-refractivity contribution is 4.81. The summed E-state index contributed by atoms with van der Waals surface area (Å²) < 4.78 is 13.9. The van der Waals surface area contributed by atoms with E-state index in [0.29, 0.717) is 24.3 Å². The lowest BCUT2D eigenvalue weighted by Crippen LogP contribution is -2.43. The van der Waals surface area contributed by atoms with Crippen molar-refractivity contribution in [1.29, 1.82) is 0 Å². The zero-order valence-corrected chi connectivity index (χ0v) is 10.7. The Morgan fingerprint density at radius 3 is 2.33 bits per heavy atom. The molecule has 1 nitrogen and oxygen atoms in total. The maximum absolute atomic E-state index is 13.9. The van der Waals surface area contributed by atoms with Gasteiger partial charge in [0.15, 0.2) is 0 Å². The van der Waals surface area contributed by atoms with Gasteiger partial charge in [-0.15, -0.1) is 0 Å². The van der Waals surface area contributed by atoms with Crippen molar-refractivity contribution in [3.63, 3.8) is 0 Å². The summed E-state index contributed by atoms with van der Waals surface area (Å²) in [6.45, 7) is 11.6. The largest absolute Gasteiger partial charge is 0.300 e. The summed E-state index contributed by atoms with van der Waals surface area (Å²) in [7, 11) is 0. The Kier molecular flexibility index (Phi) is 5.04. The van der Waals surface area contributed by atoms with Crippen LogP contribution in [-0.4, -0.2) is 30.7 Å². The molecule has 0 aliphatic carbocycles. The molecular weight excluding hydrogens is 189 g/mol. The topological polar surface area (TPSA) is 3.24 Å². The standard InChI is InChI=1S/C13H26FN/c1-10(2)7-12-5-6-15(8-11(3)4)9-13(12)14/h10-13H,5-9H2,1-4H3. The van der Waals surface area contributed by atoms with E-state index in [2.05, 4.69) is 32.6 Å². The van der Waals surface area contributed by atoms with Gasteiger partial charge in [0.1, 0.15) is 6.17 Å². The molecular formula is C13H26FN. The summed E-state index contributed by atoms with van der Waals surface area (Å²) in [4.78, 5) is 2.28. The number of alkyl halides is 1. The molecule has 2 atom stereocenters. The zero-order chi connectivity index (χ0) is 11.4. The molecule has 1 aliphatic heterocycles. The van der Waals surface area contributed by atoms with Gasteiger partial charge < -0.3 is 4.90 Å². The lowest BCUT2D eigenvalue weighted by atomic mass is 9.87.